The summed E-state index contributed by atoms with van der Waals surface area (Å²) in [7, 11) is 1.37. The zero-order valence-electron chi connectivity index (χ0n) is 12.8. The summed E-state index contributed by atoms with van der Waals surface area (Å²) in [4.78, 5) is 13.0. The van der Waals surface area contributed by atoms with E-state index < -0.39 is 5.97 Å². The first-order chi connectivity index (χ1) is 11.3. The summed E-state index contributed by atoms with van der Waals surface area (Å²) in [5.74, 6) is 0.00518. The van der Waals surface area contributed by atoms with Crippen LogP contribution in [0.15, 0.2) is 77.4 Å². The minimum Gasteiger partial charge on any atom is -0.472 e. The normalized spacial score (nSPS) is 20.3. The Kier molecular flexibility index (Phi) is 5.03. The van der Waals surface area contributed by atoms with E-state index in [1.807, 2.05) is 54.6 Å². The summed E-state index contributed by atoms with van der Waals surface area (Å²) in [5.41, 5.74) is 1.05. The van der Waals surface area contributed by atoms with Gasteiger partial charge >= 0.3 is 5.97 Å². The monoisotopic (exact) mass is 326 g/mol. The molecule has 0 fully saturated rings. The lowest BCUT2D eigenvalue weighted by atomic mass is 9.94. The maximum Gasteiger partial charge on any atom is 0.373 e. The van der Waals surface area contributed by atoms with Crippen molar-refractivity contribution in [1.82, 2.24) is 0 Å². The molecule has 2 aromatic carbocycles. The van der Waals surface area contributed by atoms with Gasteiger partial charge in [0.15, 0.2) is 0 Å². The van der Waals surface area contributed by atoms with Crippen LogP contribution in [0, 0.1) is 0 Å². The van der Waals surface area contributed by atoms with Gasteiger partial charge in [-0.3, -0.25) is 0 Å². The second-order valence-electron chi connectivity index (χ2n) is 5.25. The van der Waals surface area contributed by atoms with Crippen LogP contribution in [0.5, 0.6) is 0 Å². The number of methoxy groups -OCH3 is 1. The third kappa shape index (κ3) is 3.96. The molecule has 3 nitrogen and oxygen atoms in total. The van der Waals surface area contributed by atoms with Crippen LogP contribution in [-0.2, 0) is 14.3 Å². The van der Waals surface area contributed by atoms with Gasteiger partial charge in [-0.2, -0.15) is 0 Å². The summed E-state index contributed by atoms with van der Waals surface area (Å²) in [6, 6.07) is 20.2. The van der Waals surface area contributed by atoms with Crippen molar-refractivity contribution in [2.45, 2.75) is 22.7 Å². The van der Waals surface area contributed by atoms with Crippen LogP contribution >= 0.6 is 11.8 Å². The zero-order chi connectivity index (χ0) is 16.1. The highest BCUT2D eigenvalue weighted by Gasteiger charge is 2.29. The number of benzene rings is 2. The highest BCUT2D eigenvalue weighted by Crippen LogP contribution is 2.38. The molecule has 0 aromatic heterocycles. The SMILES string of the molecule is COC(=O)C1=C[C@H](c2ccccc2)C[C@H](Sc2ccccc2)O1. The number of esters is 1. The molecule has 2 aromatic rings. The molecule has 1 heterocycles. The van der Waals surface area contributed by atoms with Gasteiger partial charge in [0.2, 0.25) is 5.76 Å². The molecular formula is C19H18O3S. The number of carbonyl (C=O) groups is 1. The molecule has 0 saturated heterocycles. The number of allylic oxidation sites excluding steroid dienone is 1. The van der Waals surface area contributed by atoms with Crippen molar-refractivity contribution < 1.29 is 14.3 Å². The van der Waals surface area contributed by atoms with Crippen molar-refractivity contribution in [3.05, 3.63) is 78.1 Å². The molecule has 0 spiro atoms. The molecule has 0 N–H and O–H groups in total. The molecule has 0 unspecified atom stereocenters. The van der Waals surface area contributed by atoms with Crippen molar-refractivity contribution in [3.8, 4) is 0 Å². The Hall–Kier alpha value is -2.20. The highest BCUT2D eigenvalue weighted by atomic mass is 32.2. The number of hydrogen-bond donors (Lipinski definition) is 0. The Balaban J connectivity index is 1.83. The molecule has 3 rings (SSSR count). The standard InChI is InChI=1S/C19H18O3S/c1-21-19(20)17-12-15(14-8-4-2-5-9-14)13-18(22-17)23-16-10-6-3-7-11-16/h2-12,15,18H,13H2,1H3/t15-,18-/m0/s1. The molecular weight excluding hydrogens is 308 g/mol. The molecule has 0 bridgehead atoms. The fourth-order valence-electron chi connectivity index (χ4n) is 2.56. The molecule has 0 radical (unpaired) electrons. The average molecular weight is 326 g/mol. The van der Waals surface area contributed by atoms with E-state index in [1.165, 1.54) is 12.7 Å². The minimum atomic E-state index is -0.427. The fraction of sp³-hybridized carbons (Fsp3) is 0.211. The second kappa shape index (κ2) is 7.38. The second-order valence-corrected chi connectivity index (χ2v) is 6.49. The lowest BCUT2D eigenvalue weighted by Gasteiger charge is -2.28. The number of ether oxygens (including phenoxy) is 2. The third-order valence-corrected chi connectivity index (χ3v) is 4.78. The quantitative estimate of drug-likeness (QED) is 0.782. The largest absolute Gasteiger partial charge is 0.472 e. The van der Waals surface area contributed by atoms with Gasteiger partial charge in [-0.05, 0) is 23.8 Å². The van der Waals surface area contributed by atoms with Crippen LogP contribution in [-0.4, -0.2) is 18.5 Å². The Bertz CT molecular complexity index is 682. The maximum absolute atomic E-state index is 11.9. The van der Waals surface area contributed by atoms with E-state index in [1.54, 1.807) is 11.8 Å². The summed E-state index contributed by atoms with van der Waals surface area (Å²) in [6.07, 6.45) is 2.67. The molecule has 118 valence electrons. The van der Waals surface area contributed by atoms with Gasteiger partial charge in [-0.1, -0.05) is 60.3 Å². The molecule has 1 aliphatic rings. The van der Waals surface area contributed by atoms with Crippen molar-refractivity contribution in [2.75, 3.05) is 7.11 Å². The van der Waals surface area contributed by atoms with Crippen LogP contribution in [0.25, 0.3) is 0 Å². The first-order valence-corrected chi connectivity index (χ1v) is 8.37. The summed E-state index contributed by atoms with van der Waals surface area (Å²) in [6.45, 7) is 0. The van der Waals surface area contributed by atoms with E-state index in [2.05, 4.69) is 12.1 Å². The van der Waals surface area contributed by atoms with Crippen LogP contribution in [0.1, 0.15) is 17.9 Å². The van der Waals surface area contributed by atoms with Gasteiger partial charge in [-0.15, -0.1) is 0 Å². The lowest BCUT2D eigenvalue weighted by Crippen LogP contribution is -2.23. The molecule has 0 amide bonds. The summed E-state index contributed by atoms with van der Waals surface area (Å²) >= 11 is 1.62. The number of hydrogen-bond acceptors (Lipinski definition) is 4. The Morgan fingerprint density at radius 1 is 1.09 bits per heavy atom. The van der Waals surface area contributed by atoms with E-state index in [-0.39, 0.29) is 11.4 Å². The zero-order valence-corrected chi connectivity index (χ0v) is 13.7. The van der Waals surface area contributed by atoms with E-state index in [0.717, 1.165) is 11.3 Å². The lowest BCUT2D eigenvalue weighted by molar-refractivity contribution is -0.140. The van der Waals surface area contributed by atoms with Crippen LogP contribution < -0.4 is 0 Å². The van der Waals surface area contributed by atoms with E-state index in [4.69, 9.17) is 9.47 Å². The van der Waals surface area contributed by atoms with E-state index in [9.17, 15) is 4.79 Å². The Labute approximate surface area is 140 Å². The highest BCUT2D eigenvalue weighted by molar-refractivity contribution is 7.99. The number of thioether (sulfide) groups is 1. The van der Waals surface area contributed by atoms with Gasteiger partial charge in [0.25, 0.3) is 0 Å². The van der Waals surface area contributed by atoms with Gasteiger partial charge in [0.1, 0.15) is 5.44 Å². The molecule has 1 aliphatic heterocycles. The van der Waals surface area contributed by atoms with E-state index in [0.29, 0.717) is 5.76 Å². The van der Waals surface area contributed by atoms with Crippen molar-refractivity contribution in [2.24, 2.45) is 0 Å². The molecule has 2 atom stereocenters. The fourth-order valence-corrected chi connectivity index (χ4v) is 3.63. The molecule has 23 heavy (non-hydrogen) atoms. The topological polar surface area (TPSA) is 35.5 Å². The van der Waals surface area contributed by atoms with Crippen molar-refractivity contribution >= 4 is 17.7 Å². The number of carbonyl (C=O) groups excluding carboxylic acids is 1. The first-order valence-electron chi connectivity index (χ1n) is 7.49. The van der Waals surface area contributed by atoms with Crippen molar-refractivity contribution in [1.29, 1.82) is 0 Å². The summed E-state index contributed by atoms with van der Waals surface area (Å²) in [5, 5.41) is 0. The van der Waals surface area contributed by atoms with Gasteiger partial charge < -0.3 is 9.47 Å². The predicted octanol–water partition coefficient (Wildman–Crippen LogP) is 4.37. The minimum absolute atomic E-state index is 0.123. The smallest absolute Gasteiger partial charge is 0.373 e. The molecule has 0 saturated carbocycles. The van der Waals surface area contributed by atoms with Crippen LogP contribution in [0.4, 0.5) is 0 Å². The number of rotatable bonds is 4. The van der Waals surface area contributed by atoms with Crippen molar-refractivity contribution in [3.63, 3.8) is 0 Å². The Morgan fingerprint density at radius 2 is 1.74 bits per heavy atom. The maximum atomic E-state index is 11.9. The molecule has 4 heteroatoms. The first kappa shape index (κ1) is 15.7. The molecule has 0 aliphatic carbocycles. The van der Waals surface area contributed by atoms with E-state index >= 15 is 0 Å². The van der Waals surface area contributed by atoms with Gasteiger partial charge in [0, 0.05) is 17.2 Å². The Morgan fingerprint density at radius 3 is 2.39 bits per heavy atom. The third-order valence-electron chi connectivity index (χ3n) is 3.68. The van der Waals surface area contributed by atoms with Crippen LogP contribution in [0.2, 0.25) is 0 Å². The van der Waals surface area contributed by atoms with Crippen LogP contribution in [0.3, 0.4) is 0 Å². The van der Waals surface area contributed by atoms with Gasteiger partial charge in [-0.25, -0.2) is 4.79 Å². The predicted molar refractivity (Wildman–Crippen MR) is 91.1 cm³/mol. The summed E-state index contributed by atoms with van der Waals surface area (Å²) < 4.78 is 10.7. The van der Waals surface area contributed by atoms with Gasteiger partial charge in [0.05, 0.1) is 7.11 Å². The average Bonchev–Trinajstić information content (AvgIpc) is 2.62.